The number of hydrogen-bond donors (Lipinski definition) is 1. The van der Waals surface area contributed by atoms with Crippen LogP contribution in [0.2, 0.25) is 0 Å². The summed E-state index contributed by atoms with van der Waals surface area (Å²) >= 11 is 0. The SMILES string of the molecule is CCc1nccn1CCC(=O)NC[C@@H](c1ccc(C)o1)N1CCOCC1. The molecule has 0 unspecified atom stereocenters. The molecule has 0 radical (unpaired) electrons. The topological polar surface area (TPSA) is 72.5 Å². The summed E-state index contributed by atoms with van der Waals surface area (Å²) in [6, 6.07) is 4.01. The van der Waals surface area contributed by atoms with Crippen molar-refractivity contribution < 1.29 is 13.9 Å². The van der Waals surface area contributed by atoms with Gasteiger partial charge in [0.05, 0.1) is 19.3 Å². The van der Waals surface area contributed by atoms with Crippen LogP contribution in [0.3, 0.4) is 0 Å². The van der Waals surface area contributed by atoms with Gasteiger partial charge >= 0.3 is 0 Å². The van der Waals surface area contributed by atoms with Crippen LogP contribution in [0.1, 0.15) is 36.7 Å². The van der Waals surface area contributed by atoms with Crippen molar-refractivity contribution in [3.05, 3.63) is 41.9 Å². The van der Waals surface area contributed by atoms with Crippen LogP contribution < -0.4 is 5.32 Å². The molecule has 0 aromatic carbocycles. The van der Waals surface area contributed by atoms with Crippen LogP contribution in [-0.4, -0.2) is 53.2 Å². The number of aromatic nitrogens is 2. The highest BCUT2D eigenvalue weighted by atomic mass is 16.5. The molecule has 1 saturated heterocycles. The van der Waals surface area contributed by atoms with Crippen molar-refractivity contribution >= 4 is 5.91 Å². The Bertz CT molecular complexity index is 703. The minimum atomic E-state index is 0.0380. The molecule has 1 atom stereocenters. The zero-order valence-corrected chi connectivity index (χ0v) is 15.6. The first-order chi connectivity index (χ1) is 12.7. The van der Waals surface area contributed by atoms with Gasteiger partial charge in [0.1, 0.15) is 17.3 Å². The Balaban J connectivity index is 1.55. The number of furan rings is 1. The summed E-state index contributed by atoms with van der Waals surface area (Å²) in [5, 5.41) is 3.07. The second-order valence-electron chi connectivity index (χ2n) is 6.56. The van der Waals surface area contributed by atoms with E-state index in [0.717, 1.165) is 36.9 Å². The molecule has 7 nitrogen and oxygen atoms in total. The van der Waals surface area contributed by atoms with Gasteiger partial charge in [0.2, 0.25) is 5.91 Å². The number of nitrogens with zero attached hydrogens (tertiary/aromatic N) is 3. The first-order valence-electron chi connectivity index (χ1n) is 9.32. The van der Waals surface area contributed by atoms with Crippen LogP contribution in [0.25, 0.3) is 0 Å². The van der Waals surface area contributed by atoms with E-state index in [1.807, 2.05) is 29.8 Å². The van der Waals surface area contributed by atoms with Crippen LogP contribution in [-0.2, 0) is 22.5 Å². The lowest BCUT2D eigenvalue weighted by Crippen LogP contribution is -2.43. The van der Waals surface area contributed by atoms with Crippen LogP contribution in [0.4, 0.5) is 0 Å². The average molecular weight is 360 g/mol. The number of aryl methyl sites for hydroxylation is 3. The molecule has 26 heavy (non-hydrogen) atoms. The maximum atomic E-state index is 12.3. The molecule has 1 fully saturated rings. The van der Waals surface area contributed by atoms with Crippen molar-refractivity contribution in [1.29, 1.82) is 0 Å². The maximum absolute atomic E-state index is 12.3. The van der Waals surface area contributed by atoms with E-state index >= 15 is 0 Å². The summed E-state index contributed by atoms with van der Waals surface area (Å²) in [5.74, 6) is 2.83. The first kappa shape index (κ1) is 18.7. The van der Waals surface area contributed by atoms with Crippen LogP contribution in [0, 0.1) is 6.92 Å². The van der Waals surface area contributed by atoms with Crippen molar-refractivity contribution in [1.82, 2.24) is 19.8 Å². The van der Waals surface area contributed by atoms with E-state index in [4.69, 9.17) is 9.15 Å². The Morgan fingerprint density at radius 1 is 1.35 bits per heavy atom. The monoisotopic (exact) mass is 360 g/mol. The third-order valence-corrected chi connectivity index (χ3v) is 4.77. The molecular formula is C19H28N4O3. The van der Waals surface area contributed by atoms with Gasteiger partial charge in [0.15, 0.2) is 0 Å². The molecule has 1 aliphatic rings. The highest BCUT2D eigenvalue weighted by Crippen LogP contribution is 2.23. The van der Waals surface area contributed by atoms with E-state index in [9.17, 15) is 4.79 Å². The zero-order chi connectivity index (χ0) is 18.4. The molecule has 0 bridgehead atoms. The van der Waals surface area contributed by atoms with E-state index < -0.39 is 0 Å². The molecule has 3 heterocycles. The number of carbonyl (C=O) groups is 1. The molecule has 2 aromatic heterocycles. The number of nitrogens with one attached hydrogen (secondary N) is 1. The minimum Gasteiger partial charge on any atom is -0.465 e. The fourth-order valence-corrected chi connectivity index (χ4v) is 3.31. The molecule has 1 N–H and O–H groups in total. The van der Waals surface area contributed by atoms with Gasteiger partial charge in [-0.2, -0.15) is 0 Å². The summed E-state index contributed by atoms with van der Waals surface area (Å²) < 4.78 is 13.3. The number of carbonyl (C=O) groups excluding carboxylic acids is 1. The largest absolute Gasteiger partial charge is 0.465 e. The average Bonchev–Trinajstić information content (AvgIpc) is 3.29. The zero-order valence-electron chi connectivity index (χ0n) is 15.6. The molecule has 7 heteroatoms. The Hall–Kier alpha value is -2.12. The third-order valence-electron chi connectivity index (χ3n) is 4.77. The molecule has 0 spiro atoms. The minimum absolute atomic E-state index is 0.0380. The Kier molecular flexibility index (Phi) is 6.46. The van der Waals surface area contributed by atoms with Crippen molar-refractivity contribution in [3.8, 4) is 0 Å². The summed E-state index contributed by atoms with van der Waals surface area (Å²) in [4.78, 5) is 18.9. The lowest BCUT2D eigenvalue weighted by molar-refractivity contribution is -0.121. The van der Waals surface area contributed by atoms with E-state index in [1.165, 1.54) is 0 Å². The van der Waals surface area contributed by atoms with Crippen molar-refractivity contribution in [2.75, 3.05) is 32.8 Å². The summed E-state index contributed by atoms with van der Waals surface area (Å²) in [6.07, 6.45) is 5.01. The van der Waals surface area contributed by atoms with Gasteiger partial charge in [-0.3, -0.25) is 9.69 Å². The predicted octanol–water partition coefficient (Wildman–Crippen LogP) is 1.93. The number of amides is 1. The van der Waals surface area contributed by atoms with Gasteiger partial charge in [0.25, 0.3) is 0 Å². The highest BCUT2D eigenvalue weighted by molar-refractivity contribution is 5.75. The molecule has 0 saturated carbocycles. The molecule has 2 aromatic rings. The van der Waals surface area contributed by atoms with E-state index in [1.54, 1.807) is 6.20 Å². The first-order valence-corrected chi connectivity index (χ1v) is 9.32. The van der Waals surface area contributed by atoms with Gasteiger partial charge in [-0.25, -0.2) is 4.98 Å². The molecule has 0 aliphatic carbocycles. The second-order valence-corrected chi connectivity index (χ2v) is 6.56. The quantitative estimate of drug-likeness (QED) is 0.779. The standard InChI is InChI=1S/C19H28N4O3/c1-3-18-20-7-9-23(18)8-6-19(24)21-14-16(17-5-4-15(2)26-17)22-10-12-25-13-11-22/h4-5,7,9,16H,3,6,8,10-14H2,1-2H3,(H,21,24)/t16-/m0/s1. The fraction of sp³-hybridized carbons (Fsp3) is 0.579. The number of imidazole rings is 1. The van der Waals surface area contributed by atoms with Crippen LogP contribution in [0.15, 0.2) is 28.9 Å². The van der Waals surface area contributed by atoms with Gasteiger partial charge < -0.3 is 19.0 Å². The maximum Gasteiger partial charge on any atom is 0.221 e. The van der Waals surface area contributed by atoms with Crippen molar-refractivity contribution in [2.24, 2.45) is 0 Å². The fourth-order valence-electron chi connectivity index (χ4n) is 3.31. The summed E-state index contributed by atoms with van der Waals surface area (Å²) in [7, 11) is 0. The number of hydrogen-bond acceptors (Lipinski definition) is 5. The van der Waals surface area contributed by atoms with Crippen molar-refractivity contribution in [3.63, 3.8) is 0 Å². The summed E-state index contributed by atoms with van der Waals surface area (Å²) in [5.41, 5.74) is 0. The molecule has 142 valence electrons. The van der Waals surface area contributed by atoms with Gasteiger partial charge in [-0.15, -0.1) is 0 Å². The predicted molar refractivity (Wildman–Crippen MR) is 97.8 cm³/mol. The normalized spacial score (nSPS) is 16.5. The van der Waals surface area contributed by atoms with Gasteiger partial charge in [0, 0.05) is 51.4 Å². The second kappa shape index (κ2) is 9.00. The lowest BCUT2D eigenvalue weighted by atomic mass is 10.1. The Morgan fingerprint density at radius 2 is 2.15 bits per heavy atom. The summed E-state index contributed by atoms with van der Waals surface area (Å²) in [6.45, 7) is 8.30. The number of ether oxygens (including phenoxy) is 1. The Morgan fingerprint density at radius 3 is 2.85 bits per heavy atom. The molecule has 1 aliphatic heterocycles. The molecular weight excluding hydrogens is 332 g/mol. The smallest absolute Gasteiger partial charge is 0.221 e. The third kappa shape index (κ3) is 4.74. The van der Waals surface area contributed by atoms with E-state index in [-0.39, 0.29) is 11.9 Å². The number of morpholine rings is 1. The van der Waals surface area contributed by atoms with Crippen LogP contribution >= 0.6 is 0 Å². The molecule has 1 amide bonds. The van der Waals surface area contributed by atoms with Gasteiger partial charge in [-0.05, 0) is 19.1 Å². The van der Waals surface area contributed by atoms with Gasteiger partial charge in [-0.1, -0.05) is 6.92 Å². The number of rotatable bonds is 8. The molecule has 3 rings (SSSR count). The van der Waals surface area contributed by atoms with E-state index in [0.29, 0.717) is 32.7 Å². The Labute approximate surface area is 154 Å². The van der Waals surface area contributed by atoms with E-state index in [2.05, 4.69) is 22.1 Å². The van der Waals surface area contributed by atoms with Crippen molar-refractivity contribution in [2.45, 2.75) is 39.3 Å². The highest BCUT2D eigenvalue weighted by Gasteiger charge is 2.25. The van der Waals surface area contributed by atoms with Crippen LogP contribution in [0.5, 0.6) is 0 Å². The lowest BCUT2D eigenvalue weighted by Gasteiger charge is -2.33.